The highest BCUT2D eigenvalue weighted by Crippen LogP contribution is 2.37. The first-order valence-electron chi connectivity index (χ1n) is 9.36. The zero-order valence-corrected chi connectivity index (χ0v) is 19.8. The monoisotopic (exact) mass is 522 g/mol. The van der Waals surface area contributed by atoms with Crippen molar-refractivity contribution in [2.45, 2.75) is 27.7 Å². The number of ether oxygens (including phenoxy) is 1. The summed E-state index contributed by atoms with van der Waals surface area (Å²) in [6.07, 6.45) is 1.82. The summed E-state index contributed by atoms with van der Waals surface area (Å²) in [5.74, 6) is 0.466. The van der Waals surface area contributed by atoms with Gasteiger partial charge < -0.3 is 9.84 Å². The fourth-order valence-corrected chi connectivity index (χ4v) is 4.59. The lowest BCUT2D eigenvalue weighted by Crippen LogP contribution is -2.28. The highest BCUT2D eigenvalue weighted by Gasteiger charge is 2.32. The van der Waals surface area contributed by atoms with E-state index in [1.807, 2.05) is 52.0 Å². The summed E-state index contributed by atoms with van der Waals surface area (Å²) in [4.78, 5) is 20.0. The number of phenolic OH excluding ortho intramolecular Hbond substituents is 1. The van der Waals surface area contributed by atoms with Crippen molar-refractivity contribution in [3.05, 3.63) is 55.5 Å². The quantitative estimate of drug-likeness (QED) is 0.408. The Balaban J connectivity index is 1.99. The van der Waals surface area contributed by atoms with Gasteiger partial charge in [-0.25, -0.2) is 4.99 Å². The molecule has 0 bridgehead atoms. The van der Waals surface area contributed by atoms with Crippen molar-refractivity contribution in [3.63, 3.8) is 0 Å². The summed E-state index contributed by atoms with van der Waals surface area (Å²) in [5.41, 5.74) is 3.87. The molecule has 0 atom stereocenters. The second-order valence-corrected chi connectivity index (χ2v) is 8.80. The third-order valence-corrected chi connectivity index (χ3v) is 6.26. The molecule has 0 radical (unpaired) electrons. The highest BCUT2D eigenvalue weighted by molar-refractivity contribution is 14.1. The van der Waals surface area contributed by atoms with Crippen molar-refractivity contribution in [2.24, 2.45) is 4.99 Å². The number of aryl methyl sites for hydroxylation is 2. The topological polar surface area (TPSA) is 62.1 Å². The molecule has 0 spiro atoms. The first-order chi connectivity index (χ1) is 13.8. The maximum absolute atomic E-state index is 12.9. The van der Waals surface area contributed by atoms with Gasteiger partial charge >= 0.3 is 0 Å². The van der Waals surface area contributed by atoms with Gasteiger partial charge in [0.15, 0.2) is 16.7 Å². The zero-order chi connectivity index (χ0) is 21.1. The molecule has 7 heteroatoms. The molecule has 0 unspecified atom stereocenters. The first-order valence-corrected chi connectivity index (χ1v) is 11.3. The van der Waals surface area contributed by atoms with Crippen LogP contribution in [0.15, 0.2) is 40.2 Å². The molecule has 1 fully saturated rings. The van der Waals surface area contributed by atoms with E-state index in [1.54, 1.807) is 11.0 Å². The molecule has 3 rings (SSSR count). The Labute approximate surface area is 189 Å². The number of phenols is 1. The number of benzene rings is 2. The Morgan fingerprint density at radius 2 is 2.00 bits per heavy atom. The summed E-state index contributed by atoms with van der Waals surface area (Å²) in [6.45, 7) is 8.85. The van der Waals surface area contributed by atoms with E-state index in [-0.39, 0.29) is 11.7 Å². The largest absolute Gasteiger partial charge is 0.504 e. The van der Waals surface area contributed by atoms with Crippen molar-refractivity contribution in [1.82, 2.24) is 4.90 Å². The third kappa shape index (κ3) is 4.78. The first kappa shape index (κ1) is 21.7. The minimum absolute atomic E-state index is 0.0670. The Hall–Kier alpha value is -2.00. The van der Waals surface area contributed by atoms with E-state index < -0.39 is 0 Å². The number of amidine groups is 1. The van der Waals surface area contributed by atoms with Gasteiger partial charge in [-0.15, -0.1) is 0 Å². The molecule has 1 amide bonds. The summed E-state index contributed by atoms with van der Waals surface area (Å²) in [5, 5.41) is 10.8. The molecule has 2 aromatic rings. The van der Waals surface area contributed by atoms with Crippen LogP contribution in [0.1, 0.15) is 30.5 Å². The van der Waals surface area contributed by atoms with Crippen LogP contribution >= 0.6 is 34.4 Å². The molecule has 1 heterocycles. The Morgan fingerprint density at radius 3 is 2.69 bits per heavy atom. The second-order valence-electron chi connectivity index (χ2n) is 6.63. The van der Waals surface area contributed by atoms with Gasteiger partial charge in [0.05, 0.1) is 20.8 Å². The van der Waals surface area contributed by atoms with E-state index in [2.05, 4.69) is 28.7 Å². The molecular formula is C22H23IN2O3S. The SMILES string of the molecule is CCOc1cc(/C=C2/SC(=Nc3cc(C)ccc3C)N(CC)C2=O)cc(I)c1O. The number of likely N-dealkylation sites (N-methyl/N-ethyl adjacent to an activating group) is 1. The van der Waals surface area contributed by atoms with E-state index >= 15 is 0 Å². The number of aromatic hydroxyl groups is 1. The van der Waals surface area contributed by atoms with Gasteiger partial charge in [0, 0.05) is 6.54 Å². The zero-order valence-electron chi connectivity index (χ0n) is 16.8. The molecule has 29 heavy (non-hydrogen) atoms. The van der Waals surface area contributed by atoms with Crippen molar-refractivity contribution in [2.75, 3.05) is 13.2 Å². The van der Waals surface area contributed by atoms with E-state index in [0.29, 0.717) is 32.5 Å². The van der Waals surface area contributed by atoms with Crippen LogP contribution in [-0.2, 0) is 4.79 Å². The Kier molecular flexibility index (Phi) is 6.89. The number of carbonyl (C=O) groups is 1. The summed E-state index contributed by atoms with van der Waals surface area (Å²) in [6, 6.07) is 9.70. The standard InChI is InChI=1S/C22H23IN2O3S/c1-5-25-21(27)19(12-15-10-16(23)20(26)18(11-15)28-6-2)29-22(25)24-17-9-13(3)7-8-14(17)4/h7-12,26H,5-6H2,1-4H3/b19-12+,24-22?. The number of carbonyl (C=O) groups excluding carboxylic acids is 1. The molecule has 1 aliphatic heterocycles. The number of halogens is 1. The number of rotatable bonds is 5. The fraction of sp³-hybridized carbons (Fsp3) is 0.273. The van der Waals surface area contributed by atoms with Gasteiger partial charge in [-0.3, -0.25) is 9.69 Å². The van der Waals surface area contributed by atoms with Gasteiger partial charge in [-0.1, -0.05) is 12.1 Å². The molecule has 1 saturated heterocycles. The number of thioether (sulfide) groups is 1. The van der Waals surface area contributed by atoms with Crippen molar-refractivity contribution < 1.29 is 14.6 Å². The van der Waals surface area contributed by atoms with E-state index in [4.69, 9.17) is 9.73 Å². The van der Waals surface area contributed by atoms with Gasteiger partial charge in [0.2, 0.25) is 0 Å². The van der Waals surface area contributed by atoms with Crippen LogP contribution in [0, 0.1) is 17.4 Å². The minimum Gasteiger partial charge on any atom is -0.504 e. The number of hydrogen-bond donors (Lipinski definition) is 1. The van der Waals surface area contributed by atoms with E-state index in [9.17, 15) is 9.90 Å². The van der Waals surface area contributed by atoms with Crippen LogP contribution in [0.4, 0.5) is 5.69 Å². The number of amides is 1. The molecule has 1 aliphatic rings. The number of hydrogen-bond acceptors (Lipinski definition) is 5. The van der Waals surface area contributed by atoms with E-state index in [0.717, 1.165) is 22.4 Å². The van der Waals surface area contributed by atoms with Crippen LogP contribution < -0.4 is 4.74 Å². The Bertz CT molecular complexity index is 1020. The molecule has 0 saturated carbocycles. The number of nitrogens with zero attached hydrogens (tertiary/aromatic N) is 2. The maximum Gasteiger partial charge on any atom is 0.266 e. The second kappa shape index (κ2) is 9.21. The predicted molar refractivity (Wildman–Crippen MR) is 128 cm³/mol. The molecule has 0 aromatic heterocycles. The minimum atomic E-state index is -0.0670. The molecule has 1 N–H and O–H groups in total. The van der Waals surface area contributed by atoms with Crippen molar-refractivity contribution in [3.8, 4) is 11.5 Å². The molecule has 152 valence electrons. The van der Waals surface area contributed by atoms with Crippen LogP contribution in [0.3, 0.4) is 0 Å². The highest BCUT2D eigenvalue weighted by atomic mass is 127. The molecular weight excluding hydrogens is 499 g/mol. The van der Waals surface area contributed by atoms with Gasteiger partial charge in [0.25, 0.3) is 5.91 Å². The molecule has 5 nitrogen and oxygen atoms in total. The lowest BCUT2D eigenvalue weighted by atomic mass is 10.1. The Morgan fingerprint density at radius 1 is 1.24 bits per heavy atom. The van der Waals surface area contributed by atoms with Crippen molar-refractivity contribution >= 4 is 57.2 Å². The average Bonchev–Trinajstić information content (AvgIpc) is 2.96. The number of aliphatic imine (C=N–C) groups is 1. The van der Waals surface area contributed by atoms with Gasteiger partial charge in [-0.05, 0) is 103 Å². The molecule has 2 aromatic carbocycles. The van der Waals surface area contributed by atoms with Crippen LogP contribution in [0.5, 0.6) is 11.5 Å². The lowest BCUT2D eigenvalue weighted by Gasteiger charge is -2.12. The van der Waals surface area contributed by atoms with Gasteiger partial charge in [-0.2, -0.15) is 0 Å². The lowest BCUT2D eigenvalue weighted by molar-refractivity contribution is -0.122. The normalized spacial score (nSPS) is 16.9. The van der Waals surface area contributed by atoms with Crippen LogP contribution in [-0.4, -0.2) is 34.2 Å². The fourth-order valence-electron chi connectivity index (χ4n) is 2.91. The third-order valence-electron chi connectivity index (χ3n) is 4.43. The predicted octanol–water partition coefficient (Wildman–Crippen LogP) is 5.64. The smallest absolute Gasteiger partial charge is 0.266 e. The average molecular weight is 522 g/mol. The van der Waals surface area contributed by atoms with Crippen LogP contribution in [0.25, 0.3) is 6.08 Å². The molecule has 0 aliphatic carbocycles. The maximum atomic E-state index is 12.9. The van der Waals surface area contributed by atoms with Crippen molar-refractivity contribution in [1.29, 1.82) is 0 Å². The van der Waals surface area contributed by atoms with Gasteiger partial charge in [0.1, 0.15) is 0 Å². The van der Waals surface area contributed by atoms with E-state index in [1.165, 1.54) is 11.8 Å². The summed E-state index contributed by atoms with van der Waals surface area (Å²) >= 11 is 3.43. The van der Waals surface area contributed by atoms with Crippen LogP contribution in [0.2, 0.25) is 0 Å². The summed E-state index contributed by atoms with van der Waals surface area (Å²) in [7, 11) is 0. The summed E-state index contributed by atoms with van der Waals surface area (Å²) < 4.78 is 6.18.